The normalized spacial score (nSPS) is 14.4. The molecule has 0 bridgehead atoms. The van der Waals surface area contributed by atoms with Crippen LogP contribution in [0.3, 0.4) is 0 Å². The van der Waals surface area contributed by atoms with Crippen LogP contribution in [0.5, 0.6) is 0 Å². The van der Waals surface area contributed by atoms with Crippen LogP contribution < -0.4 is 0 Å². The van der Waals surface area contributed by atoms with E-state index >= 15 is 0 Å². The highest BCUT2D eigenvalue weighted by molar-refractivity contribution is 7.47. The lowest BCUT2D eigenvalue weighted by Crippen LogP contribution is -2.37. The average Bonchev–Trinajstić information content (AvgIpc) is 3.61. The maximum Gasteiger partial charge on any atom is 0.472 e. The highest BCUT2D eigenvalue weighted by Crippen LogP contribution is 2.43. The van der Waals surface area contributed by atoms with E-state index in [0.29, 0.717) is 23.9 Å². The maximum absolute atomic E-state index is 12.8. The lowest BCUT2D eigenvalue weighted by molar-refractivity contribution is -0.870. The van der Waals surface area contributed by atoms with Crippen molar-refractivity contribution < 1.29 is 42.1 Å². The van der Waals surface area contributed by atoms with Crippen molar-refractivity contribution in [3.8, 4) is 0 Å². The summed E-state index contributed by atoms with van der Waals surface area (Å²) in [6, 6.07) is 0. The van der Waals surface area contributed by atoms with Gasteiger partial charge in [0.25, 0.3) is 0 Å². The minimum Gasteiger partial charge on any atom is -0.462 e. The molecule has 0 aliphatic heterocycles. The van der Waals surface area contributed by atoms with E-state index in [1.807, 2.05) is 21.1 Å². The molecule has 0 spiro atoms. The summed E-state index contributed by atoms with van der Waals surface area (Å²) in [5, 5.41) is 0. The van der Waals surface area contributed by atoms with Crippen molar-refractivity contribution in [3.05, 3.63) is 182 Å². The molecule has 0 aliphatic carbocycles. The monoisotopic (exact) mass is 1180 g/mol. The molecule has 0 heterocycles. The summed E-state index contributed by atoms with van der Waals surface area (Å²) >= 11 is 0. The molecule has 84 heavy (non-hydrogen) atoms. The largest absolute Gasteiger partial charge is 0.472 e. The number of carbonyl (C=O) groups is 2. The molecule has 0 saturated heterocycles. The molecule has 0 rings (SSSR count). The first kappa shape index (κ1) is 79.1. The lowest BCUT2D eigenvalue weighted by atomic mass is 10.1. The van der Waals surface area contributed by atoms with Crippen molar-refractivity contribution in [2.75, 3.05) is 47.5 Å². The van der Waals surface area contributed by atoms with Crippen LogP contribution in [0.1, 0.15) is 219 Å². The highest BCUT2D eigenvalue weighted by Gasteiger charge is 2.27. The zero-order chi connectivity index (χ0) is 61.2. The van der Waals surface area contributed by atoms with E-state index < -0.39 is 32.5 Å². The number of carbonyl (C=O) groups excluding carboxylic acids is 2. The Bertz CT molecular complexity index is 2070. The third-order valence-corrected chi connectivity index (χ3v) is 13.9. The van der Waals surface area contributed by atoms with Gasteiger partial charge in [0.2, 0.25) is 0 Å². The Hall–Kier alpha value is -4.89. The fourth-order valence-electron chi connectivity index (χ4n) is 7.94. The van der Waals surface area contributed by atoms with Gasteiger partial charge in [-0.15, -0.1) is 0 Å². The molecule has 0 aliphatic rings. The lowest BCUT2D eigenvalue weighted by Gasteiger charge is -2.24. The molecule has 0 saturated carbocycles. The Balaban J connectivity index is 4.22. The number of quaternary nitrogens is 1. The van der Waals surface area contributed by atoms with Gasteiger partial charge in [0.05, 0.1) is 27.7 Å². The first-order valence-corrected chi connectivity index (χ1v) is 34.0. The molecule has 472 valence electrons. The predicted octanol–water partition coefficient (Wildman–Crippen LogP) is 21.1. The Kier molecular flexibility index (Phi) is 59.0. The van der Waals surface area contributed by atoms with Crippen LogP contribution >= 0.6 is 7.82 Å². The number of phosphoric acid groups is 1. The van der Waals surface area contributed by atoms with E-state index in [0.717, 1.165) is 154 Å². The van der Waals surface area contributed by atoms with E-state index in [1.54, 1.807) is 0 Å². The summed E-state index contributed by atoms with van der Waals surface area (Å²) < 4.78 is 34.6. The number of rotatable bonds is 57. The van der Waals surface area contributed by atoms with Gasteiger partial charge in [-0.05, 0) is 141 Å². The van der Waals surface area contributed by atoms with Crippen LogP contribution in [0.15, 0.2) is 182 Å². The van der Waals surface area contributed by atoms with Crippen molar-refractivity contribution in [3.63, 3.8) is 0 Å². The van der Waals surface area contributed by atoms with Crippen molar-refractivity contribution in [2.24, 2.45) is 0 Å². The van der Waals surface area contributed by atoms with Crippen LogP contribution in [-0.4, -0.2) is 74.9 Å². The summed E-state index contributed by atoms with van der Waals surface area (Å²) in [4.78, 5) is 35.7. The summed E-state index contributed by atoms with van der Waals surface area (Å²) in [5.74, 6) is -0.856. The molecule has 0 aromatic heterocycles. The average molecular weight is 1180 g/mol. The molecular formula is C74H119NO8P+. The summed E-state index contributed by atoms with van der Waals surface area (Å²) in [6.45, 7) is 4.22. The molecule has 0 aromatic carbocycles. The Labute approximate surface area is 514 Å². The van der Waals surface area contributed by atoms with Crippen molar-refractivity contribution in [1.82, 2.24) is 0 Å². The van der Waals surface area contributed by atoms with Gasteiger partial charge in [-0.3, -0.25) is 18.6 Å². The zero-order valence-corrected chi connectivity index (χ0v) is 54.4. The van der Waals surface area contributed by atoms with Crippen LogP contribution in [0.4, 0.5) is 0 Å². The number of allylic oxidation sites excluding steroid dienone is 30. The second kappa shape index (κ2) is 62.6. The smallest absolute Gasteiger partial charge is 0.462 e. The zero-order valence-electron chi connectivity index (χ0n) is 53.6. The van der Waals surface area contributed by atoms with Gasteiger partial charge >= 0.3 is 19.8 Å². The van der Waals surface area contributed by atoms with E-state index in [1.165, 1.54) is 25.7 Å². The van der Waals surface area contributed by atoms with Crippen LogP contribution in [0, 0.1) is 0 Å². The summed E-state index contributed by atoms with van der Waals surface area (Å²) in [7, 11) is 1.42. The maximum atomic E-state index is 12.8. The van der Waals surface area contributed by atoms with Gasteiger partial charge in [0, 0.05) is 12.8 Å². The van der Waals surface area contributed by atoms with Gasteiger partial charge in [0.15, 0.2) is 6.10 Å². The van der Waals surface area contributed by atoms with Gasteiger partial charge in [-0.25, -0.2) is 4.57 Å². The van der Waals surface area contributed by atoms with Gasteiger partial charge in [-0.1, -0.05) is 247 Å². The number of hydrogen-bond donors (Lipinski definition) is 1. The third kappa shape index (κ3) is 66.3. The van der Waals surface area contributed by atoms with E-state index in [9.17, 15) is 19.0 Å². The number of esters is 2. The van der Waals surface area contributed by atoms with Crippen LogP contribution in [0.25, 0.3) is 0 Å². The molecule has 0 fully saturated rings. The molecular weight excluding hydrogens is 1060 g/mol. The number of hydrogen-bond acceptors (Lipinski definition) is 7. The van der Waals surface area contributed by atoms with Gasteiger partial charge in [0.1, 0.15) is 19.8 Å². The fraction of sp³-hybridized carbons (Fsp3) is 0.568. The number of nitrogens with zero attached hydrogens (tertiary/aromatic N) is 1. The minimum atomic E-state index is -4.41. The van der Waals surface area contributed by atoms with E-state index in [4.69, 9.17) is 18.5 Å². The molecule has 0 aromatic rings. The topological polar surface area (TPSA) is 108 Å². The molecule has 0 amide bonds. The second-order valence-corrected chi connectivity index (χ2v) is 23.5. The SMILES string of the molecule is CC/C=C\C/C=C\C/C=C\C/C=C\C/C=C\C/C=C\C/C=C\C/C=C\C/C=C\C/C=C\C/C=C\C/C=C\CCCCCCC(=O)OC(COC(=O)CCCCCCCC/C=C\C/C=C\C/C=C\CCCCC)COP(=O)(O)OCC[N+](C)(C)C. The predicted molar refractivity (Wildman–Crippen MR) is 362 cm³/mol. The molecule has 1 N–H and O–H groups in total. The Morgan fingerprint density at radius 3 is 1.01 bits per heavy atom. The molecule has 2 unspecified atom stereocenters. The Morgan fingerprint density at radius 2 is 0.679 bits per heavy atom. The van der Waals surface area contributed by atoms with E-state index in [2.05, 4.69) is 196 Å². The third-order valence-electron chi connectivity index (χ3n) is 12.9. The quantitative estimate of drug-likeness (QED) is 0.0211. The summed E-state index contributed by atoms with van der Waals surface area (Å²) in [5.41, 5.74) is 0. The van der Waals surface area contributed by atoms with E-state index in [-0.39, 0.29) is 26.1 Å². The van der Waals surface area contributed by atoms with Gasteiger partial charge in [-0.2, -0.15) is 0 Å². The molecule has 2 atom stereocenters. The molecule has 0 radical (unpaired) electrons. The number of ether oxygens (including phenoxy) is 2. The van der Waals surface area contributed by atoms with Crippen LogP contribution in [0.2, 0.25) is 0 Å². The van der Waals surface area contributed by atoms with Crippen molar-refractivity contribution >= 4 is 19.8 Å². The van der Waals surface area contributed by atoms with Crippen molar-refractivity contribution in [1.29, 1.82) is 0 Å². The Morgan fingerprint density at radius 1 is 0.381 bits per heavy atom. The standard InChI is InChI=1S/C74H118NO8P/c1-6-8-10-12-14-16-18-20-22-24-26-27-28-29-30-31-32-33-34-35-36-37-38-39-40-41-42-43-44-45-46-47-49-51-53-55-57-59-61-63-65-67-74(77)83-72(71-82-84(78,79)81-69-68-75(3,4)5)70-80-73(76)66-64-62-60-58-56-54-52-50-48-25-23-21-19-17-15-13-11-9-7-2/h8,10,14-17,20-23,26-27,29-30,32-33,35-36,38-39,41-42,44-45,47-50,53,55,72H,6-7,9,11-13,18-19,24-25,28,31,34,37,40,43,46,51-52,54,56-71H2,1-5H3/p+1/b10-8-,16-14-,17-15-,22-20-,23-21-,27-26-,30-29-,33-32-,36-35-,39-38-,42-41-,45-44-,49-47-,50-48-,55-53-. The van der Waals surface area contributed by atoms with Gasteiger partial charge < -0.3 is 18.9 Å². The molecule has 10 heteroatoms. The number of phosphoric ester groups is 1. The molecule has 9 nitrogen and oxygen atoms in total. The number of likely N-dealkylation sites (N-methyl/N-ethyl adjacent to an activating group) is 1. The van der Waals surface area contributed by atoms with Crippen LogP contribution in [-0.2, 0) is 32.7 Å². The first-order valence-electron chi connectivity index (χ1n) is 32.5. The fourth-order valence-corrected chi connectivity index (χ4v) is 8.68. The second-order valence-electron chi connectivity index (χ2n) is 22.1. The number of unbranched alkanes of at least 4 members (excludes halogenated alkanes) is 13. The summed E-state index contributed by atoms with van der Waals surface area (Å²) in [6.07, 6.45) is 96.9. The minimum absolute atomic E-state index is 0.0138. The van der Waals surface area contributed by atoms with Crippen molar-refractivity contribution in [2.45, 2.75) is 225 Å². The highest BCUT2D eigenvalue weighted by atomic mass is 31.2. The first-order chi connectivity index (χ1) is 41.0.